The average molecular weight is 132 g/mol. The average Bonchev–Trinajstić information content (AvgIpc) is 1.80. The van der Waals surface area contributed by atoms with Crippen LogP contribution < -0.4 is 0 Å². The molecule has 1 N–H and O–H groups in total. The van der Waals surface area contributed by atoms with Gasteiger partial charge in [-0.15, -0.1) is 6.58 Å². The van der Waals surface area contributed by atoms with Gasteiger partial charge in [0.25, 0.3) is 0 Å². The molecule has 4 heteroatoms. The Kier molecular flexibility index (Phi) is 4.76. The summed E-state index contributed by atoms with van der Waals surface area (Å²) in [6.45, 7) is 3.09. The standard InChI is InChI=1S/C5H8O4/c1-2-3-8-9-4-5(6)7/h2H,1,3-4H2,(H,6,7). The van der Waals surface area contributed by atoms with Crippen LogP contribution in [0.15, 0.2) is 12.7 Å². The van der Waals surface area contributed by atoms with E-state index in [-0.39, 0.29) is 6.61 Å². The molecule has 9 heavy (non-hydrogen) atoms. The molecule has 52 valence electrons. The molecule has 0 saturated carbocycles. The summed E-state index contributed by atoms with van der Waals surface area (Å²) in [6, 6.07) is 0. The zero-order valence-electron chi connectivity index (χ0n) is 4.87. The monoisotopic (exact) mass is 132 g/mol. The second kappa shape index (κ2) is 5.27. The Morgan fingerprint density at radius 3 is 2.78 bits per heavy atom. The highest BCUT2D eigenvalue weighted by atomic mass is 17.2. The minimum absolute atomic E-state index is 0.202. The first-order valence-corrected chi connectivity index (χ1v) is 2.34. The molecule has 0 heterocycles. The summed E-state index contributed by atoms with van der Waals surface area (Å²) in [4.78, 5) is 18.2. The molecule has 0 aliphatic heterocycles. The first kappa shape index (κ1) is 8.13. The maximum atomic E-state index is 9.73. The summed E-state index contributed by atoms with van der Waals surface area (Å²) in [5.74, 6) is -1.06. The first-order valence-electron chi connectivity index (χ1n) is 2.34. The van der Waals surface area contributed by atoms with E-state index in [1.165, 1.54) is 6.08 Å². The van der Waals surface area contributed by atoms with Crippen molar-refractivity contribution in [1.29, 1.82) is 0 Å². The van der Waals surface area contributed by atoms with Crippen molar-refractivity contribution in [2.75, 3.05) is 13.2 Å². The van der Waals surface area contributed by atoms with E-state index in [4.69, 9.17) is 5.11 Å². The van der Waals surface area contributed by atoms with Crippen LogP contribution >= 0.6 is 0 Å². The zero-order valence-corrected chi connectivity index (χ0v) is 4.87. The van der Waals surface area contributed by atoms with Gasteiger partial charge in [-0.2, -0.15) is 0 Å². The van der Waals surface area contributed by atoms with Crippen LogP contribution in [0, 0.1) is 0 Å². The topological polar surface area (TPSA) is 55.8 Å². The predicted molar refractivity (Wildman–Crippen MR) is 29.7 cm³/mol. The molecule has 0 aromatic heterocycles. The third kappa shape index (κ3) is 7.13. The molecule has 0 rings (SSSR count). The molecule has 0 spiro atoms. The highest BCUT2D eigenvalue weighted by molar-refractivity contribution is 5.67. The molecule has 0 radical (unpaired) electrons. The van der Waals surface area contributed by atoms with Gasteiger partial charge in [0.1, 0.15) is 6.61 Å². The van der Waals surface area contributed by atoms with E-state index in [0.717, 1.165) is 0 Å². The predicted octanol–water partition coefficient (Wildman–Crippen LogP) is 0.205. The molecule has 4 nitrogen and oxygen atoms in total. The van der Waals surface area contributed by atoms with Gasteiger partial charge in [-0.05, 0) is 0 Å². The lowest BCUT2D eigenvalue weighted by Crippen LogP contribution is -2.07. The van der Waals surface area contributed by atoms with Crippen LogP contribution in [0.3, 0.4) is 0 Å². The van der Waals surface area contributed by atoms with Gasteiger partial charge in [-0.3, -0.25) is 0 Å². The van der Waals surface area contributed by atoms with Crippen molar-refractivity contribution in [2.24, 2.45) is 0 Å². The first-order chi connectivity index (χ1) is 4.27. The summed E-state index contributed by atoms with van der Waals surface area (Å²) in [5.41, 5.74) is 0. The number of carbonyl (C=O) groups is 1. The van der Waals surface area contributed by atoms with Gasteiger partial charge in [-0.25, -0.2) is 14.6 Å². The zero-order chi connectivity index (χ0) is 7.11. The van der Waals surface area contributed by atoms with Gasteiger partial charge in [-0.1, -0.05) is 6.08 Å². The molecule has 0 fully saturated rings. The number of carboxylic acids is 1. The Morgan fingerprint density at radius 2 is 2.33 bits per heavy atom. The smallest absolute Gasteiger partial charge is 0.333 e. The lowest BCUT2D eigenvalue weighted by molar-refractivity contribution is -0.283. The van der Waals surface area contributed by atoms with Gasteiger partial charge in [0.15, 0.2) is 6.61 Å². The molecular formula is C5H8O4. The van der Waals surface area contributed by atoms with E-state index in [1.807, 2.05) is 0 Å². The normalized spacial score (nSPS) is 8.89. The molecule has 0 aliphatic carbocycles. The lowest BCUT2D eigenvalue weighted by atomic mass is 10.7. The summed E-state index contributed by atoms with van der Waals surface area (Å²) in [6.07, 6.45) is 1.46. The third-order valence-electron chi connectivity index (χ3n) is 0.452. The Morgan fingerprint density at radius 1 is 1.67 bits per heavy atom. The highest BCUT2D eigenvalue weighted by Crippen LogP contribution is 1.77. The molecule has 0 amide bonds. The molecule has 0 aromatic carbocycles. The van der Waals surface area contributed by atoms with E-state index in [2.05, 4.69) is 16.4 Å². The fourth-order valence-electron chi connectivity index (χ4n) is 0.188. The van der Waals surface area contributed by atoms with Crippen molar-refractivity contribution in [3.05, 3.63) is 12.7 Å². The van der Waals surface area contributed by atoms with E-state index in [9.17, 15) is 4.79 Å². The van der Waals surface area contributed by atoms with Crippen LogP contribution in [-0.2, 0) is 14.6 Å². The maximum absolute atomic E-state index is 9.73. The Balaban J connectivity index is 2.91. The Labute approximate surface area is 52.6 Å². The van der Waals surface area contributed by atoms with Crippen molar-refractivity contribution in [2.45, 2.75) is 0 Å². The fourth-order valence-corrected chi connectivity index (χ4v) is 0.188. The Bertz CT molecular complexity index is 99.1. The second-order valence-corrected chi connectivity index (χ2v) is 1.23. The van der Waals surface area contributed by atoms with Gasteiger partial charge >= 0.3 is 5.97 Å². The fraction of sp³-hybridized carbons (Fsp3) is 0.400. The lowest BCUT2D eigenvalue weighted by Gasteiger charge is -1.95. The van der Waals surface area contributed by atoms with Crippen molar-refractivity contribution < 1.29 is 19.7 Å². The molecule has 0 aromatic rings. The quantitative estimate of drug-likeness (QED) is 0.251. The van der Waals surface area contributed by atoms with Crippen molar-refractivity contribution >= 4 is 5.97 Å². The van der Waals surface area contributed by atoms with E-state index in [1.54, 1.807) is 0 Å². The third-order valence-corrected chi connectivity index (χ3v) is 0.452. The number of carboxylic acid groups (broad SMARTS) is 1. The van der Waals surface area contributed by atoms with Crippen LogP contribution in [-0.4, -0.2) is 24.3 Å². The largest absolute Gasteiger partial charge is 0.479 e. The van der Waals surface area contributed by atoms with Gasteiger partial charge in [0.05, 0.1) is 0 Å². The van der Waals surface area contributed by atoms with Crippen LogP contribution in [0.25, 0.3) is 0 Å². The molecule has 0 atom stereocenters. The number of aliphatic carboxylic acids is 1. The maximum Gasteiger partial charge on any atom is 0.333 e. The van der Waals surface area contributed by atoms with Gasteiger partial charge < -0.3 is 5.11 Å². The molecular weight excluding hydrogens is 124 g/mol. The summed E-state index contributed by atoms with van der Waals surface area (Å²) in [5, 5.41) is 7.98. The minimum Gasteiger partial charge on any atom is -0.479 e. The molecule has 0 aliphatic rings. The van der Waals surface area contributed by atoms with Gasteiger partial charge in [0, 0.05) is 0 Å². The highest BCUT2D eigenvalue weighted by Gasteiger charge is 1.93. The summed E-state index contributed by atoms with van der Waals surface area (Å²) < 4.78 is 0. The summed E-state index contributed by atoms with van der Waals surface area (Å²) >= 11 is 0. The van der Waals surface area contributed by atoms with Crippen molar-refractivity contribution in [3.63, 3.8) is 0 Å². The van der Waals surface area contributed by atoms with Crippen LogP contribution in [0.2, 0.25) is 0 Å². The molecule has 0 unspecified atom stereocenters. The summed E-state index contributed by atoms with van der Waals surface area (Å²) in [7, 11) is 0. The van der Waals surface area contributed by atoms with Gasteiger partial charge in [0.2, 0.25) is 0 Å². The van der Waals surface area contributed by atoms with Crippen molar-refractivity contribution in [3.8, 4) is 0 Å². The minimum atomic E-state index is -1.06. The molecule has 0 bridgehead atoms. The second-order valence-electron chi connectivity index (χ2n) is 1.23. The van der Waals surface area contributed by atoms with E-state index >= 15 is 0 Å². The van der Waals surface area contributed by atoms with Crippen molar-refractivity contribution in [1.82, 2.24) is 0 Å². The van der Waals surface area contributed by atoms with E-state index in [0.29, 0.717) is 0 Å². The van der Waals surface area contributed by atoms with Crippen LogP contribution in [0.4, 0.5) is 0 Å². The number of hydrogen-bond acceptors (Lipinski definition) is 3. The molecule has 0 saturated heterocycles. The SMILES string of the molecule is C=CCOOCC(=O)O. The van der Waals surface area contributed by atoms with Crippen LogP contribution in [0.1, 0.15) is 0 Å². The van der Waals surface area contributed by atoms with Crippen LogP contribution in [0.5, 0.6) is 0 Å². The number of hydrogen-bond donors (Lipinski definition) is 1. The number of rotatable bonds is 5. The van der Waals surface area contributed by atoms with E-state index < -0.39 is 12.6 Å². The Hall–Kier alpha value is -0.870.